The minimum atomic E-state index is 1.13. The SMILES string of the molecule is c1cncc(-c2ccc(CCCc3ccc(-c4cccnc4)s3)s2)c1. The molecule has 2 nitrogen and oxygen atoms in total. The highest BCUT2D eigenvalue weighted by molar-refractivity contribution is 7.15. The Hall–Kier alpha value is -2.30. The molecular formula is C21H18N2S2. The molecule has 124 valence electrons. The van der Waals surface area contributed by atoms with Crippen molar-refractivity contribution in [2.45, 2.75) is 19.3 Å². The summed E-state index contributed by atoms with van der Waals surface area (Å²) in [6.45, 7) is 0. The molecule has 0 aromatic carbocycles. The summed E-state index contributed by atoms with van der Waals surface area (Å²) in [7, 11) is 0. The van der Waals surface area contributed by atoms with Crippen LogP contribution in [0.3, 0.4) is 0 Å². The van der Waals surface area contributed by atoms with Crippen LogP contribution < -0.4 is 0 Å². The zero-order chi connectivity index (χ0) is 16.9. The maximum Gasteiger partial charge on any atom is 0.0361 e. The van der Waals surface area contributed by atoms with Crippen molar-refractivity contribution in [3.8, 4) is 20.9 Å². The van der Waals surface area contributed by atoms with Gasteiger partial charge in [-0.2, -0.15) is 0 Å². The Morgan fingerprint density at radius 3 is 1.60 bits per heavy atom. The summed E-state index contributed by atoms with van der Waals surface area (Å²) in [5.74, 6) is 0. The van der Waals surface area contributed by atoms with Gasteiger partial charge < -0.3 is 0 Å². The molecule has 0 aliphatic rings. The molecule has 0 N–H and O–H groups in total. The molecule has 4 rings (SSSR count). The van der Waals surface area contributed by atoms with Gasteiger partial charge in [-0.15, -0.1) is 22.7 Å². The first-order valence-corrected chi connectivity index (χ1v) is 10.00. The molecule has 0 aliphatic carbocycles. The molecular weight excluding hydrogens is 344 g/mol. The van der Waals surface area contributed by atoms with Gasteiger partial charge in [-0.05, 0) is 55.7 Å². The topological polar surface area (TPSA) is 25.8 Å². The molecule has 0 unspecified atom stereocenters. The zero-order valence-corrected chi connectivity index (χ0v) is 15.4. The van der Waals surface area contributed by atoms with E-state index in [1.807, 2.05) is 59.6 Å². The maximum atomic E-state index is 4.20. The molecule has 0 saturated heterocycles. The summed E-state index contributed by atoms with van der Waals surface area (Å²) in [6.07, 6.45) is 10.9. The van der Waals surface area contributed by atoms with E-state index in [-0.39, 0.29) is 0 Å². The van der Waals surface area contributed by atoms with E-state index in [1.165, 1.54) is 37.1 Å². The van der Waals surface area contributed by atoms with Gasteiger partial charge in [-0.1, -0.05) is 12.1 Å². The Balaban J connectivity index is 1.34. The van der Waals surface area contributed by atoms with Crippen LogP contribution in [-0.4, -0.2) is 9.97 Å². The Labute approximate surface area is 155 Å². The lowest BCUT2D eigenvalue weighted by Gasteiger charge is -1.98. The van der Waals surface area contributed by atoms with Crippen LogP contribution >= 0.6 is 22.7 Å². The number of hydrogen-bond acceptors (Lipinski definition) is 4. The fourth-order valence-electron chi connectivity index (χ4n) is 2.79. The van der Waals surface area contributed by atoms with E-state index < -0.39 is 0 Å². The Bertz CT molecular complexity index is 849. The van der Waals surface area contributed by atoms with E-state index in [0.717, 1.165) is 12.8 Å². The third-order valence-electron chi connectivity index (χ3n) is 4.06. The molecule has 0 saturated carbocycles. The third-order valence-corrected chi connectivity index (χ3v) is 6.45. The first kappa shape index (κ1) is 16.2. The molecule has 4 aromatic heterocycles. The molecule has 0 radical (unpaired) electrons. The third kappa shape index (κ3) is 4.03. The van der Waals surface area contributed by atoms with E-state index in [2.05, 4.69) is 46.4 Å². The fraction of sp³-hybridized carbons (Fsp3) is 0.143. The Morgan fingerprint density at radius 2 is 1.16 bits per heavy atom. The highest BCUT2D eigenvalue weighted by atomic mass is 32.1. The molecule has 0 bridgehead atoms. The number of aryl methyl sites for hydroxylation is 2. The number of aromatic nitrogens is 2. The van der Waals surface area contributed by atoms with Crippen molar-refractivity contribution in [3.05, 3.63) is 83.1 Å². The standard InChI is InChI=1S/C21H18N2S2/c1(6-18-8-10-20(24-18)16-4-2-12-22-14-16)7-19-9-11-21(25-19)17-5-3-13-23-15-17/h2-5,8-15H,1,6-7H2. The van der Waals surface area contributed by atoms with Gasteiger partial charge in [0.25, 0.3) is 0 Å². The lowest BCUT2D eigenvalue weighted by Crippen LogP contribution is -1.84. The molecule has 25 heavy (non-hydrogen) atoms. The molecule has 0 fully saturated rings. The van der Waals surface area contributed by atoms with E-state index in [0.29, 0.717) is 0 Å². The van der Waals surface area contributed by atoms with Crippen molar-refractivity contribution < 1.29 is 0 Å². The number of nitrogens with zero attached hydrogens (tertiary/aromatic N) is 2. The van der Waals surface area contributed by atoms with Gasteiger partial charge >= 0.3 is 0 Å². The number of rotatable bonds is 6. The predicted octanol–water partition coefficient (Wildman–Crippen LogP) is 6.11. The number of thiophene rings is 2. The van der Waals surface area contributed by atoms with Crippen LogP contribution in [0.1, 0.15) is 16.2 Å². The average molecular weight is 363 g/mol. The van der Waals surface area contributed by atoms with Gasteiger partial charge in [0.15, 0.2) is 0 Å². The Morgan fingerprint density at radius 1 is 0.640 bits per heavy atom. The largest absolute Gasteiger partial charge is 0.264 e. The lowest BCUT2D eigenvalue weighted by molar-refractivity contribution is 0.842. The van der Waals surface area contributed by atoms with Crippen molar-refractivity contribution in [2.75, 3.05) is 0 Å². The van der Waals surface area contributed by atoms with Crippen LogP contribution in [0.15, 0.2) is 73.3 Å². The Kier molecular flexibility index (Phi) is 5.00. The van der Waals surface area contributed by atoms with Gasteiger partial charge in [0, 0.05) is 55.4 Å². The summed E-state index contributed by atoms with van der Waals surface area (Å²) in [5, 5.41) is 0. The molecule has 0 aliphatic heterocycles. The second kappa shape index (κ2) is 7.72. The second-order valence-electron chi connectivity index (χ2n) is 5.87. The van der Waals surface area contributed by atoms with Crippen LogP contribution in [-0.2, 0) is 12.8 Å². The first-order chi connectivity index (χ1) is 12.4. The highest BCUT2D eigenvalue weighted by Crippen LogP contribution is 2.30. The monoisotopic (exact) mass is 362 g/mol. The highest BCUT2D eigenvalue weighted by Gasteiger charge is 2.05. The van der Waals surface area contributed by atoms with Crippen molar-refractivity contribution in [2.24, 2.45) is 0 Å². The molecule has 0 spiro atoms. The smallest absolute Gasteiger partial charge is 0.0361 e. The number of pyridine rings is 2. The first-order valence-electron chi connectivity index (χ1n) is 8.37. The minimum absolute atomic E-state index is 1.13. The van der Waals surface area contributed by atoms with E-state index in [1.54, 1.807) is 0 Å². The van der Waals surface area contributed by atoms with Crippen LogP contribution in [0.5, 0.6) is 0 Å². The van der Waals surface area contributed by atoms with E-state index >= 15 is 0 Å². The van der Waals surface area contributed by atoms with Crippen LogP contribution in [0.2, 0.25) is 0 Å². The van der Waals surface area contributed by atoms with Gasteiger partial charge in [0.05, 0.1) is 0 Å². The maximum absolute atomic E-state index is 4.20. The van der Waals surface area contributed by atoms with E-state index in [9.17, 15) is 0 Å². The summed E-state index contributed by atoms with van der Waals surface area (Å²) in [6, 6.07) is 17.1. The molecule has 4 heterocycles. The van der Waals surface area contributed by atoms with E-state index in [4.69, 9.17) is 0 Å². The van der Waals surface area contributed by atoms with Crippen molar-refractivity contribution in [1.82, 2.24) is 9.97 Å². The summed E-state index contributed by atoms with van der Waals surface area (Å²) in [5.41, 5.74) is 2.41. The zero-order valence-electron chi connectivity index (χ0n) is 13.8. The molecule has 4 heteroatoms. The molecule has 0 amide bonds. The summed E-state index contributed by atoms with van der Waals surface area (Å²) < 4.78 is 0. The lowest BCUT2D eigenvalue weighted by atomic mass is 10.2. The fourth-order valence-corrected chi connectivity index (χ4v) is 4.87. The average Bonchev–Trinajstić information content (AvgIpc) is 3.33. The normalized spacial score (nSPS) is 10.9. The van der Waals surface area contributed by atoms with Crippen molar-refractivity contribution in [1.29, 1.82) is 0 Å². The summed E-state index contributed by atoms with van der Waals surface area (Å²) in [4.78, 5) is 13.9. The second-order valence-corrected chi connectivity index (χ2v) is 8.21. The van der Waals surface area contributed by atoms with Crippen LogP contribution in [0.4, 0.5) is 0 Å². The number of hydrogen-bond donors (Lipinski definition) is 0. The quantitative estimate of drug-likeness (QED) is 0.413. The van der Waals surface area contributed by atoms with Crippen LogP contribution in [0, 0.1) is 0 Å². The molecule has 0 atom stereocenters. The molecule has 4 aromatic rings. The van der Waals surface area contributed by atoms with Crippen molar-refractivity contribution >= 4 is 22.7 Å². The van der Waals surface area contributed by atoms with Crippen molar-refractivity contribution in [3.63, 3.8) is 0 Å². The predicted molar refractivity (Wildman–Crippen MR) is 107 cm³/mol. The van der Waals surface area contributed by atoms with Gasteiger partial charge in [-0.25, -0.2) is 0 Å². The van der Waals surface area contributed by atoms with Gasteiger partial charge in [0.1, 0.15) is 0 Å². The van der Waals surface area contributed by atoms with Gasteiger partial charge in [0.2, 0.25) is 0 Å². The summed E-state index contributed by atoms with van der Waals surface area (Å²) >= 11 is 3.76. The van der Waals surface area contributed by atoms with Gasteiger partial charge in [-0.3, -0.25) is 9.97 Å². The minimum Gasteiger partial charge on any atom is -0.264 e. The van der Waals surface area contributed by atoms with Crippen LogP contribution in [0.25, 0.3) is 20.9 Å².